The quantitative estimate of drug-likeness (QED) is 0.733. The number of nitrogens with zero attached hydrogens (tertiary/aromatic N) is 1. The zero-order valence-corrected chi connectivity index (χ0v) is 14.1. The third kappa shape index (κ3) is 4.39. The van der Waals surface area contributed by atoms with E-state index in [-0.39, 0.29) is 5.75 Å². The molecule has 0 aliphatic rings. The van der Waals surface area contributed by atoms with Crippen LogP contribution in [0.2, 0.25) is 0 Å². The van der Waals surface area contributed by atoms with Gasteiger partial charge in [0.1, 0.15) is 5.82 Å². The van der Waals surface area contributed by atoms with Crippen molar-refractivity contribution in [1.82, 2.24) is 4.98 Å². The standard InChI is InChI=1S/C18H14F2N2O2S/c1-11-2-4-12(5-3-11)15-10-25-18(21-15)22-17(23)9-24-16-7-6-13(19)8-14(16)20/h2-8,10H,9H2,1H3,(H,21,22,23). The van der Waals surface area contributed by atoms with E-state index in [0.717, 1.165) is 29.0 Å². The summed E-state index contributed by atoms with van der Waals surface area (Å²) in [6, 6.07) is 10.8. The smallest absolute Gasteiger partial charge is 0.264 e. The topological polar surface area (TPSA) is 51.2 Å². The summed E-state index contributed by atoms with van der Waals surface area (Å²) in [4.78, 5) is 16.2. The fourth-order valence-corrected chi connectivity index (χ4v) is 2.81. The van der Waals surface area contributed by atoms with Crippen LogP contribution in [0.15, 0.2) is 47.8 Å². The lowest BCUT2D eigenvalue weighted by Crippen LogP contribution is -2.20. The number of hydrogen-bond acceptors (Lipinski definition) is 4. The van der Waals surface area contributed by atoms with Crippen molar-refractivity contribution in [1.29, 1.82) is 0 Å². The minimum absolute atomic E-state index is 0.184. The minimum Gasteiger partial charge on any atom is -0.481 e. The first-order valence-corrected chi connectivity index (χ1v) is 8.29. The van der Waals surface area contributed by atoms with Gasteiger partial charge in [-0.05, 0) is 19.1 Å². The molecule has 0 bridgehead atoms. The number of carbonyl (C=O) groups excluding carboxylic acids is 1. The van der Waals surface area contributed by atoms with Crippen molar-refractivity contribution < 1.29 is 18.3 Å². The molecule has 0 spiro atoms. The SMILES string of the molecule is Cc1ccc(-c2csc(NC(=O)COc3ccc(F)cc3F)n2)cc1. The van der Waals surface area contributed by atoms with E-state index in [2.05, 4.69) is 10.3 Å². The van der Waals surface area contributed by atoms with Crippen LogP contribution in [-0.4, -0.2) is 17.5 Å². The maximum atomic E-state index is 13.4. The van der Waals surface area contributed by atoms with Crippen LogP contribution in [0, 0.1) is 18.6 Å². The van der Waals surface area contributed by atoms with Gasteiger partial charge in [0.05, 0.1) is 5.69 Å². The first-order chi connectivity index (χ1) is 12.0. The molecular weight excluding hydrogens is 346 g/mol. The summed E-state index contributed by atoms with van der Waals surface area (Å²) < 4.78 is 31.3. The van der Waals surface area contributed by atoms with Crippen LogP contribution in [0.5, 0.6) is 5.75 Å². The number of carbonyl (C=O) groups is 1. The van der Waals surface area contributed by atoms with E-state index in [0.29, 0.717) is 11.2 Å². The largest absolute Gasteiger partial charge is 0.481 e. The van der Waals surface area contributed by atoms with Crippen LogP contribution >= 0.6 is 11.3 Å². The van der Waals surface area contributed by atoms with Gasteiger partial charge < -0.3 is 4.74 Å². The molecule has 25 heavy (non-hydrogen) atoms. The average Bonchev–Trinajstić information content (AvgIpc) is 3.03. The van der Waals surface area contributed by atoms with Crippen LogP contribution in [-0.2, 0) is 4.79 Å². The molecule has 1 heterocycles. The third-order valence-electron chi connectivity index (χ3n) is 3.35. The fourth-order valence-electron chi connectivity index (χ4n) is 2.08. The minimum atomic E-state index is -0.858. The van der Waals surface area contributed by atoms with Crippen molar-refractivity contribution >= 4 is 22.4 Å². The summed E-state index contributed by atoms with van der Waals surface area (Å²) in [7, 11) is 0. The van der Waals surface area contributed by atoms with Gasteiger partial charge in [0.25, 0.3) is 5.91 Å². The molecule has 1 N–H and O–H groups in total. The third-order valence-corrected chi connectivity index (χ3v) is 4.11. The first kappa shape index (κ1) is 17.0. The zero-order chi connectivity index (χ0) is 17.8. The van der Waals surface area contributed by atoms with E-state index in [1.54, 1.807) is 0 Å². The molecule has 3 rings (SSSR count). The Hall–Kier alpha value is -2.80. The van der Waals surface area contributed by atoms with Crippen molar-refractivity contribution in [2.75, 3.05) is 11.9 Å². The maximum Gasteiger partial charge on any atom is 0.264 e. The van der Waals surface area contributed by atoms with Gasteiger partial charge in [-0.25, -0.2) is 13.8 Å². The first-order valence-electron chi connectivity index (χ1n) is 7.41. The number of nitrogens with one attached hydrogen (secondary N) is 1. The van der Waals surface area contributed by atoms with E-state index in [1.165, 1.54) is 11.3 Å². The Morgan fingerprint density at radius 1 is 1.20 bits per heavy atom. The van der Waals surface area contributed by atoms with Crippen LogP contribution in [0.1, 0.15) is 5.56 Å². The molecule has 2 aromatic carbocycles. The van der Waals surface area contributed by atoms with Crippen molar-refractivity contribution in [2.24, 2.45) is 0 Å². The molecule has 0 saturated carbocycles. The highest BCUT2D eigenvalue weighted by Gasteiger charge is 2.11. The number of hydrogen-bond donors (Lipinski definition) is 1. The van der Waals surface area contributed by atoms with Gasteiger partial charge in [-0.15, -0.1) is 11.3 Å². The highest BCUT2D eigenvalue weighted by Crippen LogP contribution is 2.25. The second-order valence-electron chi connectivity index (χ2n) is 5.32. The Labute approximate surface area is 147 Å². The van der Waals surface area contributed by atoms with Crippen molar-refractivity contribution in [3.05, 3.63) is 65.0 Å². The summed E-state index contributed by atoms with van der Waals surface area (Å²) in [6.45, 7) is 1.60. The molecule has 1 aromatic heterocycles. The average molecular weight is 360 g/mol. The van der Waals surface area contributed by atoms with Gasteiger partial charge in [0, 0.05) is 17.0 Å². The molecule has 0 saturated heterocycles. The second kappa shape index (κ2) is 7.40. The van der Waals surface area contributed by atoms with Crippen molar-refractivity contribution in [3.63, 3.8) is 0 Å². The van der Waals surface area contributed by atoms with Crippen LogP contribution in [0.25, 0.3) is 11.3 Å². The predicted molar refractivity (Wildman–Crippen MR) is 92.8 cm³/mol. The molecule has 3 aromatic rings. The van der Waals surface area contributed by atoms with Crippen molar-refractivity contribution in [3.8, 4) is 17.0 Å². The van der Waals surface area contributed by atoms with Gasteiger partial charge in [-0.2, -0.15) is 0 Å². The number of ether oxygens (including phenoxy) is 1. The molecule has 0 radical (unpaired) electrons. The Balaban J connectivity index is 1.59. The number of rotatable bonds is 5. The summed E-state index contributed by atoms with van der Waals surface area (Å²) >= 11 is 1.28. The lowest BCUT2D eigenvalue weighted by atomic mass is 10.1. The van der Waals surface area contributed by atoms with E-state index < -0.39 is 24.1 Å². The van der Waals surface area contributed by atoms with Crippen LogP contribution < -0.4 is 10.1 Å². The molecule has 7 heteroatoms. The van der Waals surface area contributed by atoms with Gasteiger partial charge >= 0.3 is 0 Å². The number of amides is 1. The summed E-state index contributed by atoms with van der Waals surface area (Å²) in [5.41, 5.74) is 2.86. The molecule has 128 valence electrons. The Morgan fingerprint density at radius 2 is 1.96 bits per heavy atom. The zero-order valence-electron chi connectivity index (χ0n) is 13.3. The van der Waals surface area contributed by atoms with Gasteiger partial charge in [0.15, 0.2) is 23.3 Å². The molecule has 0 aliphatic heterocycles. The number of aryl methyl sites for hydroxylation is 1. The number of benzene rings is 2. The molecule has 4 nitrogen and oxygen atoms in total. The lowest BCUT2D eigenvalue weighted by molar-refractivity contribution is -0.118. The number of anilines is 1. The van der Waals surface area contributed by atoms with Gasteiger partial charge in [-0.1, -0.05) is 29.8 Å². The van der Waals surface area contributed by atoms with E-state index in [4.69, 9.17) is 4.74 Å². The Kier molecular flexibility index (Phi) is 5.04. The van der Waals surface area contributed by atoms with Gasteiger partial charge in [-0.3, -0.25) is 10.1 Å². The normalized spacial score (nSPS) is 10.5. The molecule has 0 fully saturated rings. The Morgan fingerprint density at radius 3 is 2.68 bits per heavy atom. The fraction of sp³-hybridized carbons (Fsp3) is 0.111. The van der Waals surface area contributed by atoms with Gasteiger partial charge in [0.2, 0.25) is 0 Å². The number of thiazole rings is 1. The summed E-state index contributed by atoms with van der Waals surface area (Å²) in [5.74, 6) is -2.23. The monoisotopic (exact) mass is 360 g/mol. The highest BCUT2D eigenvalue weighted by atomic mass is 32.1. The molecule has 0 aliphatic carbocycles. The molecule has 0 atom stereocenters. The number of halogens is 2. The lowest BCUT2D eigenvalue weighted by Gasteiger charge is -2.06. The molecule has 0 unspecified atom stereocenters. The highest BCUT2D eigenvalue weighted by molar-refractivity contribution is 7.14. The summed E-state index contributed by atoms with van der Waals surface area (Å²) in [6.07, 6.45) is 0. The summed E-state index contributed by atoms with van der Waals surface area (Å²) in [5, 5.41) is 4.85. The van der Waals surface area contributed by atoms with Crippen LogP contribution in [0.4, 0.5) is 13.9 Å². The van der Waals surface area contributed by atoms with Crippen molar-refractivity contribution in [2.45, 2.75) is 6.92 Å². The predicted octanol–water partition coefficient (Wildman–Crippen LogP) is 4.41. The molecular formula is C18H14F2N2O2S. The van der Waals surface area contributed by atoms with E-state index >= 15 is 0 Å². The molecule has 1 amide bonds. The van der Waals surface area contributed by atoms with E-state index in [1.807, 2.05) is 36.6 Å². The Bertz CT molecular complexity index is 894. The second-order valence-corrected chi connectivity index (χ2v) is 6.17. The van der Waals surface area contributed by atoms with Crippen LogP contribution in [0.3, 0.4) is 0 Å². The maximum absolute atomic E-state index is 13.4. The van der Waals surface area contributed by atoms with E-state index in [9.17, 15) is 13.6 Å². The number of aromatic nitrogens is 1.